The zero-order valence-corrected chi connectivity index (χ0v) is 14.0. The van der Waals surface area contributed by atoms with Crippen molar-refractivity contribution in [1.82, 2.24) is 4.98 Å². The standard InChI is InChI=1S/C17H21N3O4/c1-22-9-8-18-13-5-7-16(19-11-13)20-17(21)12-4-6-14(23-2)15(10-12)24-3/h4-7,10-11,18H,8-9H2,1-3H3,(H,19,20,21). The predicted octanol–water partition coefficient (Wildman–Crippen LogP) is 2.41. The predicted molar refractivity (Wildman–Crippen MR) is 92.1 cm³/mol. The minimum atomic E-state index is -0.274. The van der Waals surface area contributed by atoms with Crippen molar-refractivity contribution in [2.24, 2.45) is 0 Å². The van der Waals surface area contributed by atoms with E-state index in [1.807, 2.05) is 6.07 Å². The Bertz CT molecular complexity index is 674. The molecule has 24 heavy (non-hydrogen) atoms. The lowest BCUT2D eigenvalue weighted by atomic mass is 10.2. The van der Waals surface area contributed by atoms with Gasteiger partial charge in [0.15, 0.2) is 11.5 Å². The molecule has 0 atom stereocenters. The van der Waals surface area contributed by atoms with Crippen LogP contribution in [0.4, 0.5) is 11.5 Å². The minimum absolute atomic E-state index is 0.274. The number of hydrogen-bond acceptors (Lipinski definition) is 6. The molecule has 0 saturated carbocycles. The number of benzene rings is 1. The molecule has 0 aliphatic carbocycles. The van der Waals surface area contributed by atoms with Crippen LogP contribution in [-0.4, -0.2) is 45.4 Å². The Balaban J connectivity index is 2.01. The summed E-state index contributed by atoms with van der Waals surface area (Å²) in [6.07, 6.45) is 1.65. The Kier molecular flexibility index (Phi) is 6.39. The van der Waals surface area contributed by atoms with Gasteiger partial charge in [-0.2, -0.15) is 0 Å². The van der Waals surface area contributed by atoms with Gasteiger partial charge >= 0.3 is 0 Å². The zero-order chi connectivity index (χ0) is 17.4. The molecule has 1 aromatic heterocycles. The largest absolute Gasteiger partial charge is 0.493 e. The van der Waals surface area contributed by atoms with Crippen molar-refractivity contribution in [3.05, 3.63) is 42.1 Å². The Morgan fingerprint density at radius 1 is 1.08 bits per heavy atom. The number of methoxy groups -OCH3 is 3. The SMILES string of the molecule is COCCNc1ccc(NC(=O)c2ccc(OC)c(OC)c2)nc1. The number of hydrogen-bond donors (Lipinski definition) is 2. The third kappa shape index (κ3) is 4.60. The van der Waals surface area contributed by atoms with Crippen LogP contribution in [0.15, 0.2) is 36.5 Å². The quantitative estimate of drug-likeness (QED) is 0.723. The molecule has 0 saturated heterocycles. The first-order valence-corrected chi connectivity index (χ1v) is 7.40. The number of rotatable bonds is 8. The third-order valence-electron chi connectivity index (χ3n) is 3.29. The molecule has 0 bridgehead atoms. The summed E-state index contributed by atoms with van der Waals surface area (Å²) in [4.78, 5) is 16.5. The van der Waals surface area contributed by atoms with Gasteiger partial charge in [0.25, 0.3) is 5.91 Å². The second kappa shape index (κ2) is 8.73. The summed E-state index contributed by atoms with van der Waals surface area (Å²) in [5.41, 5.74) is 1.31. The monoisotopic (exact) mass is 331 g/mol. The summed E-state index contributed by atoms with van der Waals surface area (Å²) in [7, 11) is 4.72. The number of nitrogens with zero attached hydrogens (tertiary/aromatic N) is 1. The number of carbonyl (C=O) groups is 1. The van der Waals surface area contributed by atoms with Gasteiger partial charge in [-0.3, -0.25) is 4.79 Å². The molecule has 2 aromatic rings. The highest BCUT2D eigenvalue weighted by molar-refractivity contribution is 6.04. The highest BCUT2D eigenvalue weighted by Gasteiger charge is 2.11. The highest BCUT2D eigenvalue weighted by Crippen LogP contribution is 2.27. The van der Waals surface area contributed by atoms with Crippen LogP contribution < -0.4 is 20.1 Å². The lowest BCUT2D eigenvalue weighted by Crippen LogP contribution is -2.13. The second-order valence-electron chi connectivity index (χ2n) is 4.88. The van der Waals surface area contributed by atoms with E-state index in [9.17, 15) is 4.79 Å². The van der Waals surface area contributed by atoms with E-state index in [4.69, 9.17) is 14.2 Å². The van der Waals surface area contributed by atoms with Crippen LogP contribution in [0.2, 0.25) is 0 Å². The molecule has 7 heteroatoms. The molecule has 1 amide bonds. The van der Waals surface area contributed by atoms with Crippen molar-refractivity contribution in [3.8, 4) is 11.5 Å². The average molecular weight is 331 g/mol. The highest BCUT2D eigenvalue weighted by atomic mass is 16.5. The number of carbonyl (C=O) groups excluding carboxylic acids is 1. The van der Waals surface area contributed by atoms with Gasteiger partial charge < -0.3 is 24.8 Å². The summed E-state index contributed by atoms with van der Waals surface area (Å²) in [5.74, 6) is 1.25. The van der Waals surface area contributed by atoms with Gasteiger partial charge in [-0.05, 0) is 30.3 Å². The molecule has 0 aliphatic rings. The van der Waals surface area contributed by atoms with Crippen molar-refractivity contribution >= 4 is 17.4 Å². The lowest BCUT2D eigenvalue weighted by molar-refractivity contribution is 0.102. The van der Waals surface area contributed by atoms with E-state index in [0.29, 0.717) is 36.0 Å². The minimum Gasteiger partial charge on any atom is -0.493 e. The van der Waals surface area contributed by atoms with Crippen LogP contribution in [0.3, 0.4) is 0 Å². The van der Waals surface area contributed by atoms with Crippen LogP contribution in [0.25, 0.3) is 0 Å². The van der Waals surface area contributed by atoms with E-state index in [-0.39, 0.29) is 5.91 Å². The molecule has 0 radical (unpaired) electrons. The molecular weight excluding hydrogens is 310 g/mol. The summed E-state index contributed by atoms with van der Waals surface area (Å²) in [6, 6.07) is 8.54. The van der Waals surface area contributed by atoms with E-state index in [0.717, 1.165) is 5.69 Å². The fourth-order valence-electron chi connectivity index (χ4n) is 2.04. The second-order valence-corrected chi connectivity index (χ2v) is 4.88. The van der Waals surface area contributed by atoms with Gasteiger partial charge in [-0.1, -0.05) is 0 Å². The Morgan fingerprint density at radius 3 is 2.50 bits per heavy atom. The molecule has 0 aliphatic heterocycles. The van der Waals surface area contributed by atoms with Crippen molar-refractivity contribution < 1.29 is 19.0 Å². The van der Waals surface area contributed by atoms with Gasteiger partial charge in [0.1, 0.15) is 5.82 Å². The third-order valence-corrected chi connectivity index (χ3v) is 3.29. The number of nitrogens with one attached hydrogen (secondary N) is 2. The molecule has 2 N–H and O–H groups in total. The molecule has 0 spiro atoms. The number of aromatic nitrogens is 1. The molecule has 0 unspecified atom stereocenters. The molecule has 7 nitrogen and oxygen atoms in total. The van der Waals surface area contributed by atoms with Crippen LogP contribution >= 0.6 is 0 Å². The van der Waals surface area contributed by atoms with Gasteiger partial charge in [-0.25, -0.2) is 4.98 Å². The Hall–Kier alpha value is -2.80. The van der Waals surface area contributed by atoms with E-state index < -0.39 is 0 Å². The first kappa shape index (κ1) is 17.6. The van der Waals surface area contributed by atoms with Gasteiger partial charge in [0.2, 0.25) is 0 Å². The van der Waals surface area contributed by atoms with Crippen LogP contribution in [0.1, 0.15) is 10.4 Å². The van der Waals surface area contributed by atoms with Crippen LogP contribution in [0.5, 0.6) is 11.5 Å². The molecular formula is C17H21N3O4. The number of pyridine rings is 1. The Morgan fingerprint density at radius 2 is 1.88 bits per heavy atom. The molecule has 2 rings (SSSR count). The van der Waals surface area contributed by atoms with Crippen LogP contribution in [-0.2, 0) is 4.74 Å². The van der Waals surface area contributed by atoms with Crippen molar-refractivity contribution in [2.45, 2.75) is 0 Å². The number of ether oxygens (including phenoxy) is 3. The molecule has 128 valence electrons. The summed E-state index contributed by atoms with van der Waals surface area (Å²) in [6.45, 7) is 1.30. The first-order chi connectivity index (χ1) is 11.7. The smallest absolute Gasteiger partial charge is 0.256 e. The zero-order valence-electron chi connectivity index (χ0n) is 14.0. The van der Waals surface area contributed by atoms with Crippen molar-refractivity contribution in [2.75, 3.05) is 45.1 Å². The fourth-order valence-corrected chi connectivity index (χ4v) is 2.04. The van der Waals surface area contributed by atoms with Gasteiger partial charge in [-0.15, -0.1) is 0 Å². The maximum atomic E-state index is 12.3. The molecule has 1 aromatic carbocycles. The topological polar surface area (TPSA) is 81.7 Å². The fraction of sp³-hybridized carbons (Fsp3) is 0.294. The van der Waals surface area contributed by atoms with E-state index >= 15 is 0 Å². The normalized spacial score (nSPS) is 10.1. The van der Waals surface area contributed by atoms with Gasteiger partial charge in [0, 0.05) is 19.2 Å². The lowest BCUT2D eigenvalue weighted by Gasteiger charge is -2.10. The number of amides is 1. The first-order valence-electron chi connectivity index (χ1n) is 7.40. The number of anilines is 2. The maximum absolute atomic E-state index is 12.3. The van der Waals surface area contributed by atoms with Crippen molar-refractivity contribution in [3.63, 3.8) is 0 Å². The van der Waals surface area contributed by atoms with E-state index in [1.165, 1.54) is 7.11 Å². The molecule has 1 heterocycles. The maximum Gasteiger partial charge on any atom is 0.256 e. The van der Waals surface area contributed by atoms with E-state index in [2.05, 4.69) is 15.6 Å². The van der Waals surface area contributed by atoms with E-state index in [1.54, 1.807) is 44.7 Å². The Labute approximate surface area is 140 Å². The molecule has 0 fully saturated rings. The summed E-state index contributed by atoms with van der Waals surface area (Å²) in [5, 5.41) is 5.90. The van der Waals surface area contributed by atoms with Crippen molar-refractivity contribution in [1.29, 1.82) is 0 Å². The summed E-state index contributed by atoms with van der Waals surface area (Å²) >= 11 is 0. The van der Waals surface area contributed by atoms with Gasteiger partial charge in [0.05, 0.1) is 32.7 Å². The van der Waals surface area contributed by atoms with Crippen LogP contribution in [0, 0.1) is 0 Å². The average Bonchev–Trinajstić information content (AvgIpc) is 2.62. The summed E-state index contributed by atoms with van der Waals surface area (Å²) < 4.78 is 15.3.